The largest absolute Gasteiger partial charge is 0.159 e. The maximum absolute atomic E-state index is 6.43. The highest BCUT2D eigenvalue weighted by molar-refractivity contribution is 6.52. The summed E-state index contributed by atoms with van der Waals surface area (Å²) in [5.74, 6) is 0.356. The number of hydrogen-bond acceptors (Lipinski definition) is 0. The van der Waals surface area contributed by atoms with Crippen LogP contribution in [0.25, 0.3) is 0 Å². The Morgan fingerprint density at radius 3 is 2.12 bits per heavy atom. The van der Waals surface area contributed by atoms with E-state index in [0.717, 1.165) is 12.0 Å². The lowest BCUT2D eigenvalue weighted by atomic mass is 10.0. The number of alkyl halides is 3. The Morgan fingerprint density at radius 2 is 1.71 bits per heavy atom. The molecular weight excluding hydrogens is 298 g/mol. The van der Waals surface area contributed by atoms with Crippen LogP contribution in [0, 0.1) is 11.3 Å². The third-order valence-corrected chi connectivity index (χ3v) is 5.53. The van der Waals surface area contributed by atoms with Crippen LogP contribution >= 0.6 is 46.4 Å². The monoisotopic (exact) mass is 310 g/mol. The summed E-state index contributed by atoms with van der Waals surface area (Å²) in [6, 6.07) is 7.20. The average molecular weight is 312 g/mol. The summed E-state index contributed by atoms with van der Waals surface area (Å²) < 4.78 is -1.06. The van der Waals surface area contributed by atoms with Crippen LogP contribution in [0.2, 0.25) is 5.02 Å². The summed E-state index contributed by atoms with van der Waals surface area (Å²) in [6.07, 6.45) is 1.07. The normalized spacial score (nSPS) is 24.5. The maximum atomic E-state index is 6.43. The van der Waals surface area contributed by atoms with E-state index >= 15 is 0 Å². The molecule has 1 aromatic rings. The molecule has 1 fully saturated rings. The minimum Gasteiger partial charge on any atom is -0.119 e. The first kappa shape index (κ1) is 13.8. The van der Waals surface area contributed by atoms with Gasteiger partial charge < -0.3 is 0 Å². The summed E-state index contributed by atoms with van der Waals surface area (Å²) in [7, 11) is 0. The van der Waals surface area contributed by atoms with Gasteiger partial charge in [0.15, 0.2) is 4.33 Å². The molecule has 17 heavy (non-hydrogen) atoms. The quantitative estimate of drug-likeness (QED) is 0.635. The molecule has 0 nitrogen and oxygen atoms in total. The minimum atomic E-state index is -1.06. The second-order valence-electron chi connectivity index (χ2n) is 5.33. The molecule has 94 valence electrons. The molecule has 2 atom stereocenters. The third-order valence-electron chi connectivity index (χ3n) is 3.52. The fourth-order valence-corrected chi connectivity index (χ4v) is 3.33. The lowest BCUT2D eigenvalue weighted by Crippen LogP contribution is -2.27. The SMILES string of the molecule is CC1(C)CC1C(Cl)C(Cl)(Cl)c1ccc(Cl)cc1. The van der Waals surface area contributed by atoms with Crippen molar-refractivity contribution in [2.45, 2.75) is 30.0 Å². The Labute approximate surface area is 122 Å². The van der Waals surface area contributed by atoms with E-state index in [4.69, 9.17) is 46.4 Å². The van der Waals surface area contributed by atoms with Crippen molar-refractivity contribution < 1.29 is 0 Å². The van der Waals surface area contributed by atoms with Crippen LogP contribution in [0.1, 0.15) is 25.8 Å². The molecule has 0 bridgehead atoms. The maximum Gasteiger partial charge on any atom is 0.159 e. The lowest BCUT2D eigenvalue weighted by molar-refractivity contribution is 0.518. The fraction of sp³-hybridized carbons (Fsp3) is 0.538. The van der Waals surface area contributed by atoms with E-state index in [9.17, 15) is 0 Å². The molecule has 1 aliphatic carbocycles. The molecule has 0 aromatic heterocycles. The molecule has 2 unspecified atom stereocenters. The zero-order valence-corrected chi connectivity index (χ0v) is 12.7. The Bertz CT molecular complexity index is 408. The summed E-state index contributed by atoms with van der Waals surface area (Å²) in [5, 5.41) is 0.373. The van der Waals surface area contributed by atoms with Crippen molar-refractivity contribution in [3.05, 3.63) is 34.9 Å². The van der Waals surface area contributed by atoms with Gasteiger partial charge in [0, 0.05) is 5.02 Å². The number of halogens is 4. The predicted octanol–water partition coefficient (Wildman–Crippen LogP) is 5.62. The number of benzene rings is 1. The average Bonchev–Trinajstić information content (AvgIpc) is 2.87. The summed E-state index contributed by atoms with van der Waals surface area (Å²) in [6.45, 7) is 4.36. The topological polar surface area (TPSA) is 0 Å². The van der Waals surface area contributed by atoms with Gasteiger partial charge in [0.05, 0.1) is 5.38 Å². The predicted molar refractivity (Wildman–Crippen MR) is 76.4 cm³/mol. The molecule has 0 saturated heterocycles. The molecule has 0 N–H and O–H groups in total. The van der Waals surface area contributed by atoms with Gasteiger partial charge in [-0.1, -0.05) is 60.8 Å². The van der Waals surface area contributed by atoms with Gasteiger partial charge in [0.1, 0.15) is 0 Å². The molecule has 1 saturated carbocycles. The molecule has 0 amide bonds. The molecule has 1 aromatic carbocycles. The van der Waals surface area contributed by atoms with Crippen LogP contribution in [0.5, 0.6) is 0 Å². The molecule has 0 heterocycles. The van der Waals surface area contributed by atoms with E-state index in [1.807, 2.05) is 12.1 Å². The second kappa shape index (κ2) is 4.49. The smallest absolute Gasteiger partial charge is 0.119 e. The highest BCUT2D eigenvalue weighted by Gasteiger charge is 2.55. The van der Waals surface area contributed by atoms with E-state index in [1.54, 1.807) is 12.1 Å². The summed E-state index contributed by atoms with van der Waals surface area (Å²) >= 11 is 25.1. The van der Waals surface area contributed by atoms with Crippen LogP contribution in [0.15, 0.2) is 24.3 Å². The Morgan fingerprint density at radius 1 is 1.24 bits per heavy atom. The van der Waals surface area contributed by atoms with Crippen molar-refractivity contribution in [2.24, 2.45) is 11.3 Å². The van der Waals surface area contributed by atoms with Crippen molar-refractivity contribution in [2.75, 3.05) is 0 Å². The van der Waals surface area contributed by atoms with Gasteiger partial charge in [-0.3, -0.25) is 0 Å². The Balaban J connectivity index is 2.21. The molecule has 0 aliphatic heterocycles. The van der Waals surface area contributed by atoms with Gasteiger partial charge in [-0.05, 0) is 35.4 Å². The van der Waals surface area contributed by atoms with Gasteiger partial charge in [-0.15, -0.1) is 11.6 Å². The second-order valence-corrected chi connectivity index (χ2v) is 7.62. The zero-order chi connectivity index (χ0) is 12.8. The van der Waals surface area contributed by atoms with Crippen LogP contribution in [-0.2, 0) is 4.33 Å². The molecule has 0 spiro atoms. The van der Waals surface area contributed by atoms with Crippen molar-refractivity contribution in [3.63, 3.8) is 0 Å². The van der Waals surface area contributed by atoms with Gasteiger partial charge >= 0.3 is 0 Å². The van der Waals surface area contributed by atoms with E-state index in [-0.39, 0.29) is 10.8 Å². The van der Waals surface area contributed by atoms with Crippen molar-refractivity contribution >= 4 is 46.4 Å². The van der Waals surface area contributed by atoms with Crippen LogP contribution < -0.4 is 0 Å². The Kier molecular flexibility index (Phi) is 3.64. The molecule has 1 aliphatic rings. The molecule has 0 radical (unpaired) electrons. The molecule has 2 rings (SSSR count). The molecule has 4 heteroatoms. The lowest BCUT2D eigenvalue weighted by Gasteiger charge is -2.27. The van der Waals surface area contributed by atoms with E-state index in [1.165, 1.54) is 0 Å². The van der Waals surface area contributed by atoms with Gasteiger partial charge in [-0.25, -0.2) is 0 Å². The van der Waals surface area contributed by atoms with Gasteiger partial charge in [0.25, 0.3) is 0 Å². The van der Waals surface area contributed by atoms with Gasteiger partial charge in [0.2, 0.25) is 0 Å². The van der Waals surface area contributed by atoms with Crippen LogP contribution in [0.3, 0.4) is 0 Å². The van der Waals surface area contributed by atoms with E-state index in [0.29, 0.717) is 10.9 Å². The first-order chi connectivity index (χ1) is 7.75. The minimum absolute atomic E-state index is 0.244. The first-order valence-electron chi connectivity index (χ1n) is 5.53. The standard InChI is InChI=1S/C13H14Cl4/c1-12(2)7-10(12)11(15)13(16,17)8-3-5-9(14)6-4-8/h3-6,10-11H,7H2,1-2H3. The van der Waals surface area contributed by atoms with Crippen molar-refractivity contribution in [1.82, 2.24) is 0 Å². The van der Waals surface area contributed by atoms with Crippen molar-refractivity contribution in [1.29, 1.82) is 0 Å². The number of hydrogen-bond donors (Lipinski definition) is 0. The number of rotatable bonds is 3. The molecular formula is C13H14Cl4. The fourth-order valence-electron chi connectivity index (χ4n) is 2.09. The highest BCUT2D eigenvalue weighted by Crippen LogP contribution is 2.60. The zero-order valence-electron chi connectivity index (χ0n) is 9.68. The van der Waals surface area contributed by atoms with Crippen LogP contribution in [0.4, 0.5) is 0 Å². The van der Waals surface area contributed by atoms with Gasteiger partial charge in [-0.2, -0.15) is 0 Å². The summed E-state index contributed by atoms with van der Waals surface area (Å²) in [4.78, 5) is 0. The van der Waals surface area contributed by atoms with Crippen molar-refractivity contribution in [3.8, 4) is 0 Å². The first-order valence-corrected chi connectivity index (χ1v) is 7.10. The highest BCUT2D eigenvalue weighted by atomic mass is 35.5. The summed E-state index contributed by atoms with van der Waals surface area (Å²) in [5.41, 5.74) is 1.04. The van der Waals surface area contributed by atoms with E-state index in [2.05, 4.69) is 13.8 Å². The Hall–Kier alpha value is 0.380. The van der Waals surface area contributed by atoms with E-state index < -0.39 is 4.33 Å². The third kappa shape index (κ3) is 2.71. The van der Waals surface area contributed by atoms with Crippen LogP contribution in [-0.4, -0.2) is 5.38 Å².